The number of alkyl halides is 3. The number of piperidine rings is 1. The molecule has 1 aromatic rings. The molecule has 4 rings (SSSR count). The smallest absolute Gasteiger partial charge is 0.475 e. The summed E-state index contributed by atoms with van der Waals surface area (Å²) in [4.78, 5) is 23.9. The van der Waals surface area contributed by atoms with Gasteiger partial charge in [-0.15, -0.1) is 0 Å². The van der Waals surface area contributed by atoms with Crippen LogP contribution in [0, 0.1) is 5.92 Å². The molecule has 0 unspecified atom stereocenters. The van der Waals surface area contributed by atoms with E-state index in [1.54, 1.807) is 0 Å². The Hall–Kier alpha value is -2.09. The second-order valence-corrected chi connectivity index (χ2v) is 7.13. The summed E-state index contributed by atoms with van der Waals surface area (Å²) in [5, 5.41) is 10.2. The van der Waals surface area contributed by atoms with Gasteiger partial charge in [0.25, 0.3) is 0 Å². The molecule has 142 valence electrons. The van der Waals surface area contributed by atoms with Crippen molar-refractivity contribution in [2.24, 2.45) is 5.92 Å². The number of aliphatic carboxylic acids is 1. The second-order valence-electron chi connectivity index (χ2n) is 7.13. The SMILES string of the molecule is O=C(O)C(F)(F)F.O=C1Nc2ccccc2C12CCN(CC1CC1)CC2. The van der Waals surface area contributed by atoms with Crippen LogP contribution in [0.5, 0.6) is 0 Å². The Bertz CT molecular complexity index is 693. The molecular formula is C18H21F3N2O3. The van der Waals surface area contributed by atoms with Gasteiger partial charge in [-0.05, 0) is 56.3 Å². The molecule has 0 bridgehead atoms. The number of carboxylic acids is 1. The lowest BCUT2D eigenvalue weighted by Gasteiger charge is -2.38. The Morgan fingerprint density at radius 1 is 1.23 bits per heavy atom. The van der Waals surface area contributed by atoms with E-state index in [9.17, 15) is 18.0 Å². The lowest BCUT2D eigenvalue weighted by atomic mass is 9.73. The van der Waals surface area contributed by atoms with E-state index >= 15 is 0 Å². The zero-order valence-electron chi connectivity index (χ0n) is 14.2. The molecule has 1 saturated heterocycles. The van der Waals surface area contributed by atoms with Crippen LogP contribution in [0.1, 0.15) is 31.2 Å². The fraction of sp³-hybridized carbons (Fsp3) is 0.556. The van der Waals surface area contributed by atoms with Crippen molar-refractivity contribution < 1.29 is 27.9 Å². The van der Waals surface area contributed by atoms with E-state index in [0.717, 1.165) is 37.5 Å². The number of halogens is 3. The number of fused-ring (bicyclic) bond motifs is 2. The number of carboxylic acid groups (broad SMARTS) is 1. The lowest BCUT2D eigenvalue weighted by Crippen LogP contribution is -2.46. The number of hydrogen-bond acceptors (Lipinski definition) is 3. The minimum atomic E-state index is -5.08. The van der Waals surface area contributed by atoms with Crippen molar-refractivity contribution in [3.8, 4) is 0 Å². The molecular weight excluding hydrogens is 349 g/mol. The number of benzene rings is 1. The van der Waals surface area contributed by atoms with Gasteiger partial charge in [-0.2, -0.15) is 13.2 Å². The predicted molar refractivity (Wildman–Crippen MR) is 88.8 cm³/mol. The first-order chi connectivity index (χ1) is 12.2. The van der Waals surface area contributed by atoms with Crippen LogP contribution in [0.15, 0.2) is 24.3 Å². The second kappa shape index (κ2) is 6.90. The number of carbonyl (C=O) groups is 2. The molecule has 2 aliphatic heterocycles. The largest absolute Gasteiger partial charge is 0.490 e. The van der Waals surface area contributed by atoms with Crippen molar-refractivity contribution in [2.45, 2.75) is 37.3 Å². The predicted octanol–water partition coefficient (Wildman–Crippen LogP) is 3.02. The zero-order chi connectivity index (χ0) is 18.9. The van der Waals surface area contributed by atoms with E-state index in [1.165, 1.54) is 24.9 Å². The first-order valence-corrected chi connectivity index (χ1v) is 8.66. The molecule has 0 radical (unpaired) electrons. The van der Waals surface area contributed by atoms with Gasteiger partial charge in [0.05, 0.1) is 5.41 Å². The van der Waals surface area contributed by atoms with Gasteiger partial charge in [-0.1, -0.05) is 18.2 Å². The maximum atomic E-state index is 12.4. The van der Waals surface area contributed by atoms with Crippen LogP contribution in [0.25, 0.3) is 0 Å². The lowest BCUT2D eigenvalue weighted by molar-refractivity contribution is -0.192. The third-order valence-electron chi connectivity index (χ3n) is 5.29. The Labute approximate surface area is 149 Å². The highest BCUT2D eigenvalue weighted by Crippen LogP contribution is 2.45. The molecule has 5 nitrogen and oxygen atoms in total. The highest BCUT2D eigenvalue weighted by molar-refractivity contribution is 6.06. The molecule has 0 atom stereocenters. The van der Waals surface area contributed by atoms with Gasteiger partial charge in [0.1, 0.15) is 0 Å². The number of rotatable bonds is 2. The first kappa shape index (κ1) is 18.7. The first-order valence-electron chi connectivity index (χ1n) is 8.66. The fourth-order valence-corrected chi connectivity index (χ4v) is 3.65. The Kier molecular flexibility index (Phi) is 4.96. The minimum absolute atomic E-state index is 0.222. The highest BCUT2D eigenvalue weighted by atomic mass is 19.4. The quantitative estimate of drug-likeness (QED) is 0.840. The number of anilines is 1. The molecule has 1 amide bonds. The molecule has 1 aliphatic carbocycles. The Morgan fingerprint density at radius 2 is 1.81 bits per heavy atom. The summed E-state index contributed by atoms with van der Waals surface area (Å²) in [5.74, 6) is -1.59. The summed E-state index contributed by atoms with van der Waals surface area (Å²) in [6.45, 7) is 3.38. The van der Waals surface area contributed by atoms with Crippen LogP contribution in [0.4, 0.5) is 18.9 Å². The molecule has 2 heterocycles. The number of carbonyl (C=O) groups excluding carboxylic acids is 1. The Balaban J connectivity index is 0.000000242. The third-order valence-corrected chi connectivity index (χ3v) is 5.29. The van der Waals surface area contributed by atoms with Gasteiger partial charge in [0.15, 0.2) is 0 Å². The van der Waals surface area contributed by atoms with Crippen LogP contribution in [-0.4, -0.2) is 47.7 Å². The number of para-hydroxylation sites is 1. The standard InChI is InChI=1S/C16H20N2O.C2HF3O2/c19-15-16(13-3-1-2-4-14(13)17-15)7-9-18(10-8-16)11-12-5-6-12;3-2(4,5)1(6)7/h1-4,12H,5-11H2,(H,17,19);(H,6,7). The van der Waals surface area contributed by atoms with Crippen molar-refractivity contribution in [1.82, 2.24) is 4.90 Å². The van der Waals surface area contributed by atoms with Crippen molar-refractivity contribution in [2.75, 3.05) is 25.0 Å². The number of likely N-dealkylation sites (tertiary alicyclic amines) is 1. The molecule has 2 N–H and O–H groups in total. The van der Waals surface area contributed by atoms with Crippen LogP contribution in [0.2, 0.25) is 0 Å². The molecule has 8 heteroatoms. The molecule has 1 spiro atoms. The molecule has 0 aromatic heterocycles. The topological polar surface area (TPSA) is 69.6 Å². The van der Waals surface area contributed by atoms with E-state index in [4.69, 9.17) is 9.90 Å². The van der Waals surface area contributed by atoms with Gasteiger partial charge < -0.3 is 15.3 Å². The van der Waals surface area contributed by atoms with Crippen molar-refractivity contribution in [3.05, 3.63) is 29.8 Å². The molecule has 26 heavy (non-hydrogen) atoms. The van der Waals surface area contributed by atoms with Crippen LogP contribution >= 0.6 is 0 Å². The van der Waals surface area contributed by atoms with Crippen molar-refractivity contribution >= 4 is 17.6 Å². The number of nitrogens with one attached hydrogen (secondary N) is 1. The third kappa shape index (κ3) is 3.85. The van der Waals surface area contributed by atoms with E-state index in [2.05, 4.69) is 22.3 Å². The zero-order valence-corrected chi connectivity index (χ0v) is 14.2. The van der Waals surface area contributed by atoms with Gasteiger partial charge in [0, 0.05) is 12.2 Å². The monoisotopic (exact) mass is 370 g/mol. The molecule has 2 fully saturated rings. The number of hydrogen-bond donors (Lipinski definition) is 2. The van der Waals surface area contributed by atoms with Crippen molar-refractivity contribution in [3.63, 3.8) is 0 Å². The molecule has 1 aromatic carbocycles. The molecule has 3 aliphatic rings. The van der Waals surface area contributed by atoms with Crippen LogP contribution < -0.4 is 5.32 Å². The normalized spacial score (nSPS) is 21.6. The highest BCUT2D eigenvalue weighted by Gasteiger charge is 2.48. The summed E-state index contributed by atoms with van der Waals surface area (Å²) >= 11 is 0. The van der Waals surface area contributed by atoms with Crippen LogP contribution in [0.3, 0.4) is 0 Å². The van der Waals surface area contributed by atoms with E-state index < -0.39 is 12.1 Å². The van der Waals surface area contributed by atoms with Gasteiger partial charge in [-0.25, -0.2) is 4.79 Å². The summed E-state index contributed by atoms with van der Waals surface area (Å²) in [7, 11) is 0. The summed E-state index contributed by atoms with van der Waals surface area (Å²) in [6.07, 6.45) is -0.318. The fourth-order valence-electron chi connectivity index (χ4n) is 3.65. The number of nitrogens with zero attached hydrogens (tertiary/aromatic N) is 1. The molecule has 1 saturated carbocycles. The minimum Gasteiger partial charge on any atom is -0.475 e. The summed E-state index contributed by atoms with van der Waals surface area (Å²) < 4.78 is 31.7. The van der Waals surface area contributed by atoms with E-state index in [-0.39, 0.29) is 11.3 Å². The van der Waals surface area contributed by atoms with E-state index in [1.807, 2.05) is 12.1 Å². The van der Waals surface area contributed by atoms with Gasteiger partial charge in [0.2, 0.25) is 5.91 Å². The number of amides is 1. The Morgan fingerprint density at radius 3 is 2.35 bits per heavy atom. The van der Waals surface area contributed by atoms with Crippen LogP contribution in [-0.2, 0) is 15.0 Å². The van der Waals surface area contributed by atoms with Crippen molar-refractivity contribution in [1.29, 1.82) is 0 Å². The van der Waals surface area contributed by atoms with Gasteiger partial charge in [-0.3, -0.25) is 4.79 Å². The van der Waals surface area contributed by atoms with Gasteiger partial charge >= 0.3 is 12.1 Å². The summed E-state index contributed by atoms with van der Waals surface area (Å²) in [6, 6.07) is 8.21. The maximum absolute atomic E-state index is 12.4. The van der Waals surface area contributed by atoms with E-state index in [0.29, 0.717) is 0 Å². The average molecular weight is 370 g/mol. The maximum Gasteiger partial charge on any atom is 0.490 e. The summed E-state index contributed by atoms with van der Waals surface area (Å²) in [5.41, 5.74) is 2.02. The average Bonchev–Trinajstić information content (AvgIpc) is 3.35.